The minimum absolute atomic E-state index is 0.151. The van der Waals surface area contributed by atoms with Crippen LogP contribution in [-0.4, -0.2) is 98.8 Å². The number of hydrogen-bond acceptors (Lipinski definition) is 8. The Morgan fingerprint density at radius 1 is 1.11 bits per heavy atom. The van der Waals surface area contributed by atoms with Gasteiger partial charge in [0.25, 0.3) is 0 Å². The number of carbonyl (C=O) groups excluding carboxylic acids is 2. The molecule has 1 aromatic heterocycles. The number of nitrogens with zero attached hydrogens (tertiary/aromatic N) is 5. The summed E-state index contributed by atoms with van der Waals surface area (Å²) < 4.78 is 1.43. The van der Waals surface area contributed by atoms with E-state index in [-0.39, 0.29) is 17.8 Å². The number of piperazine rings is 1. The zero-order valence-corrected chi connectivity index (χ0v) is 22.0. The molecule has 2 saturated heterocycles. The van der Waals surface area contributed by atoms with Crippen LogP contribution in [0.15, 0.2) is 41.3 Å². The van der Waals surface area contributed by atoms with Crippen LogP contribution in [0.1, 0.15) is 25.8 Å². The first-order valence-electron chi connectivity index (χ1n) is 13.0. The summed E-state index contributed by atoms with van der Waals surface area (Å²) in [5, 5.41) is 12.0. The normalized spacial score (nSPS) is 22.1. The van der Waals surface area contributed by atoms with Gasteiger partial charge in [0, 0.05) is 51.5 Å². The summed E-state index contributed by atoms with van der Waals surface area (Å²) in [7, 11) is 0. The second kappa shape index (κ2) is 11.6. The van der Waals surface area contributed by atoms with Gasteiger partial charge >= 0.3 is 11.7 Å². The van der Waals surface area contributed by atoms with Gasteiger partial charge in [-0.15, -0.1) is 0 Å². The Labute approximate surface area is 222 Å². The average molecular weight is 527 g/mol. The van der Waals surface area contributed by atoms with Crippen molar-refractivity contribution in [1.29, 1.82) is 0 Å². The molecule has 0 bridgehead atoms. The number of benzene rings is 1. The van der Waals surface area contributed by atoms with Crippen molar-refractivity contribution in [3.63, 3.8) is 0 Å². The molecule has 1 aromatic carbocycles. The smallest absolute Gasteiger partial charge is 0.354 e. The molecule has 38 heavy (non-hydrogen) atoms. The largest absolute Gasteiger partial charge is 0.394 e. The first-order valence-corrected chi connectivity index (χ1v) is 13.0. The summed E-state index contributed by atoms with van der Waals surface area (Å²) in [6.07, 6.45) is 2.58. The van der Waals surface area contributed by atoms with Crippen LogP contribution in [-0.2, 0) is 11.3 Å². The van der Waals surface area contributed by atoms with E-state index in [1.807, 2.05) is 24.3 Å². The van der Waals surface area contributed by atoms with Gasteiger partial charge in [0.05, 0.1) is 12.3 Å². The van der Waals surface area contributed by atoms with Crippen LogP contribution in [0.4, 0.5) is 10.6 Å². The SMILES string of the molecule is CC1CN(Cc2ccc(-n3ccc(NC(=O)N4CCN(C(=O)[C@@](C)(N)CO)CC4)nc3=O)cc2)CCC1N. The van der Waals surface area contributed by atoms with Crippen molar-refractivity contribution in [2.75, 3.05) is 51.2 Å². The summed E-state index contributed by atoms with van der Waals surface area (Å²) >= 11 is 0. The summed E-state index contributed by atoms with van der Waals surface area (Å²) in [5.74, 6) is 0.266. The van der Waals surface area contributed by atoms with Crippen LogP contribution in [0.2, 0.25) is 0 Å². The predicted molar refractivity (Wildman–Crippen MR) is 144 cm³/mol. The number of nitrogens with two attached hydrogens (primary N) is 2. The highest BCUT2D eigenvalue weighted by Crippen LogP contribution is 2.18. The Hall–Kier alpha value is -3.32. The highest BCUT2D eigenvalue weighted by Gasteiger charge is 2.34. The monoisotopic (exact) mass is 526 g/mol. The molecular formula is C26H38N8O4. The molecule has 2 aliphatic rings. The topological polar surface area (TPSA) is 163 Å². The summed E-state index contributed by atoms with van der Waals surface area (Å²) in [6.45, 7) is 7.19. The number of hydrogen-bond donors (Lipinski definition) is 4. The first-order chi connectivity index (χ1) is 18.1. The van der Waals surface area contributed by atoms with E-state index in [0.717, 1.165) is 31.6 Å². The molecule has 2 fully saturated rings. The minimum Gasteiger partial charge on any atom is -0.394 e. The molecule has 0 saturated carbocycles. The van der Waals surface area contributed by atoms with E-state index in [0.29, 0.717) is 37.8 Å². The fourth-order valence-electron chi connectivity index (χ4n) is 4.81. The average Bonchev–Trinajstić information content (AvgIpc) is 2.91. The summed E-state index contributed by atoms with van der Waals surface area (Å²) in [4.78, 5) is 47.3. The lowest BCUT2D eigenvalue weighted by atomic mass is 9.94. The van der Waals surface area contributed by atoms with E-state index in [1.54, 1.807) is 17.2 Å². The number of amides is 3. The van der Waals surface area contributed by atoms with E-state index in [1.165, 1.54) is 16.4 Å². The third-order valence-corrected chi connectivity index (χ3v) is 7.39. The number of carbonyl (C=O) groups is 2. The van der Waals surface area contributed by atoms with Crippen LogP contribution < -0.4 is 22.5 Å². The van der Waals surface area contributed by atoms with Gasteiger partial charge in [-0.05, 0) is 49.6 Å². The number of aromatic nitrogens is 2. The van der Waals surface area contributed by atoms with Crippen LogP contribution in [0.25, 0.3) is 5.69 Å². The van der Waals surface area contributed by atoms with Crippen molar-refractivity contribution in [2.45, 2.75) is 38.4 Å². The van der Waals surface area contributed by atoms with E-state index >= 15 is 0 Å². The molecule has 2 unspecified atom stereocenters. The maximum Gasteiger partial charge on any atom is 0.354 e. The second-order valence-corrected chi connectivity index (χ2v) is 10.6. The summed E-state index contributed by atoms with van der Waals surface area (Å²) in [6, 6.07) is 9.23. The van der Waals surface area contributed by atoms with Gasteiger partial charge in [-0.2, -0.15) is 4.98 Å². The van der Waals surface area contributed by atoms with E-state index < -0.39 is 23.9 Å². The second-order valence-electron chi connectivity index (χ2n) is 10.6. The van der Waals surface area contributed by atoms with Crippen molar-refractivity contribution in [3.05, 3.63) is 52.6 Å². The van der Waals surface area contributed by atoms with Crippen LogP contribution in [0.3, 0.4) is 0 Å². The number of urea groups is 1. The molecule has 0 aliphatic carbocycles. The van der Waals surface area contributed by atoms with E-state index in [2.05, 4.69) is 22.1 Å². The lowest BCUT2D eigenvalue weighted by Gasteiger charge is -2.37. The molecule has 0 spiro atoms. The molecule has 12 heteroatoms. The van der Waals surface area contributed by atoms with Crippen molar-refractivity contribution < 1.29 is 14.7 Å². The van der Waals surface area contributed by atoms with Crippen molar-refractivity contribution in [2.24, 2.45) is 17.4 Å². The van der Waals surface area contributed by atoms with Crippen LogP contribution in [0.5, 0.6) is 0 Å². The van der Waals surface area contributed by atoms with Gasteiger partial charge in [-0.25, -0.2) is 9.59 Å². The van der Waals surface area contributed by atoms with Gasteiger partial charge in [0.1, 0.15) is 11.4 Å². The minimum atomic E-state index is -1.35. The number of rotatable bonds is 6. The van der Waals surface area contributed by atoms with Crippen molar-refractivity contribution >= 4 is 17.8 Å². The highest BCUT2D eigenvalue weighted by molar-refractivity contribution is 5.89. The highest BCUT2D eigenvalue weighted by atomic mass is 16.3. The molecular weight excluding hydrogens is 488 g/mol. The van der Waals surface area contributed by atoms with Gasteiger partial charge in [0.15, 0.2) is 0 Å². The fraction of sp³-hybridized carbons (Fsp3) is 0.538. The standard InChI is InChI=1S/C26H38N8O4/c1-18-15-31(9-7-21(18)27)16-19-3-5-20(6-4-19)34-10-8-22(30-25(34)38)29-24(37)33-13-11-32(12-14-33)23(36)26(2,28)17-35/h3-6,8,10,18,21,35H,7,9,11-17,27-28H2,1-2H3,(H,29,30,37,38)/t18?,21?,26-/m0/s1. The summed E-state index contributed by atoms with van der Waals surface area (Å²) in [5.41, 5.74) is 12.0. The lowest BCUT2D eigenvalue weighted by Crippen LogP contribution is -2.60. The third kappa shape index (κ3) is 6.38. The number of aliphatic hydroxyl groups excluding tert-OH is 1. The third-order valence-electron chi connectivity index (χ3n) is 7.39. The molecule has 12 nitrogen and oxygen atoms in total. The molecule has 3 heterocycles. The molecule has 0 radical (unpaired) electrons. The van der Waals surface area contributed by atoms with Crippen molar-refractivity contribution in [3.8, 4) is 5.69 Å². The van der Waals surface area contributed by atoms with E-state index in [9.17, 15) is 19.5 Å². The molecule has 2 aromatic rings. The Morgan fingerprint density at radius 3 is 2.37 bits per heavy atom. The zero-order valence-electron chi connectivity index (χ0n) is 22.0. The Morgan fingerprint density at radius 2 is 1.76 bits per heavy atom. The molecule has 6 N–H and O–H groups in total. The predicted octanol–water partition coefficient (Wildman–Crippen LogP) is -0.213. The van der Waals surface area contributed by atoms with Gasteiger partial charge in [0.2, 0.25) is 5.91 Å². The molecule has 3 amide bonds. The molecule has 2 aliphatic heterocycles. The number of likely N-dealkylation sites (tertiary alicyclic amines) is 1. The quantitative estimate of drug-likeness (QED) is 0.402. The fourth-order valence-corrected chi connectivity index (χ4v) is 4.81. The molecule has 4 rings (SSSR count). The number of nitrogens with one attached hydrogen (secondary N) is 1. The van der Waals surface area contributed by atoms with Crippen LogP contribution >= 0.6 is 0 Å². The van der Waals surface area contributed by atoms with Crippen LogP contribution in [0, 0.1) is 5.92 Å². The first kappa shape index (κ1) is 27.7. The van der Waals surface area contributed by atoms with Crippen molar-refractivity contribution in [1.82, 2.24) is 24.3 Å². The maximum atomic E-state index is 12.7. The Kier molecular flexibility index (Phi) is 8.46. The van der Waals surface area contributed by atoms with Gasteiger partial charge < -0.3 is 26.4 Å². The van der Waals surface area contributed by atoms with Gasteiger partial charge in [-0.3, -0.25) is 19.6 Å². The molecule has 206 valence electrons. The number of piperidine rings is 1. The Balaban J connectivity index is 1.32. The zero-order chi connectivity index (χ0) is 27.4. The maximum absolute atomic E-state index is 12.7. The van der Waals surface area contributed by atoms with E-state index in [4.69, 9.17) is 11.5 Å². The lowest BCUT2D eigenvalue weighted by molar-refractivity contribution is -0.139. The Bertz CT molecular complexity index is 1190. The number of anilines is 1. The molecule has 3 atom stereocenters. The van der Waals surface area contributed by atoms with Gasteiger partial charge in [-0.1, -0.05) is 19.1 Å². The number of aliphatic hydroxyl groups is 1.